The minimum Gasteiger partial charge on any atom is -0.457 e. The van der Waals surface area contributed by atoms with Crippen LogP contribution in [0.3, 0.4) is 0 Å². The molecule has 0 unspecified atom stereocenters. The van der Waals surface area contributed by atoms with Crippen molar-refractivity contribution >= 4 is 0 Å². The van der Waals surface area contributed by atoms with Gasteiger partial charge in [0.25, 0.3) is 0 Å². The summed E-state index contributed by atoms with van der Waals surface area (Å²) >= 11 is 0. The maximum absolute atomic E-state index is 6.11. The first-order valence-electron chi connectivity index (χ1n) is 10.6. The highest BCUT2D eigenvalue weighted by Gasteiger charge is 2.06. The fourth-order valence-corrected chi connectivity index (χ4v) is 3.42. The summed E-state index contributed by atoms with van der Waals surface area (Å²) in [4.78, 5) is 0. The highest BCUT2D eigenvalue weighted by atomic mass is 16.5. The van der Waals surface area contributed by atoms with Gasteiger partial charge in [0.15, 0.2) is 0 Å². The summed E-state index contributed by atoms with van der Waals surface area (Å²) in [5.74, 6) is 1.93. The predicted octanol–water partition coefficient (Wildman–Crippen LogP) is 8.25. The molecule has 0 N–H and O–H groups in total. The van der Waals surface area contributed by atoms with Crippen LogP contribution in [-0.4, -0.2) is 0 Å². The first-order chi connectivity index (χ1) is 12.8. The zero-order chi connectivity index (χ0) is 18.5. The van der Waals surface area contributed by atoms with Gasteiger partial charge >= 0.3 is 0 Å². The summed E-state index contributed by atoms with van der Waals surface area (Å²) in [5.41, 5.74) is 2.65. The Morgan fingerprint density at radius 1 is 0.692 bits per heavy atom. The van der Waals surface area contributed by atoms with Crippen molar-refractivity contribution in [2.75, 3.05) is 0 Å². The van der Waals surface area contributed by atoms with Crippen LogP contribution in [0.25, 0.3) is 0 Å². The number of benzene rings is 2. The Morgan fingerprint density at radius 2 is 1.31 bits per heavy atom. The quantitative estimate of drug-likeness (QED) is 0.330. The van der Waals surface area contributed by atoms with Crippen molar-refractivity contribution in [2.24, 2.45) is 0 Å². The molecule has 0 aliphatic carbocycles. The van der Waals surface area contributed by atoms with Crippen LogP contribution in [0.5, 0.6) is 11.5 Å². The van der Waals surface area contributed by atoms with Crippen LogP contribution in [0.15, 0.2) is 48.5 Å². The normalized spacial score (nSPS) is 10.8. The molecule has 26 heavy (non-hydrogen) atoms. The molecule has 0 bridgehead atoms. The molecule has 0 heterocycles. The van der Waals surface area contributed by atoms with Crippen molar-refractivity contribution in [3.63, 3.8) is 0 Å². The number of hydrogen-bond donors (Lipinski definition) is 0. The van der Waals surface area contributed by atoms with Gasteiger partial charge in [0.05, 0.1) is 0 Å². The molecule has 0 saturated carbocycles. The molecule has 1 nitrogen and oxygen atoms in total. The van der Waals surface area contributed by atoms with Gasteiger partial charge in [-0.15, -0.1) is 0 Å². The van der Waals surface area contributed by atoms with E-state index in [2.05, 4.69) is 32.0 Å². The van der Waals surface area contributed by atoms with Crippen LogP contribution in [0, 0.1) is 6.92 Å². The molecule has 1 heteroatoms. The lowest BCUT2D eigenvalue weighted by Crippen LogP contribution is -1.94. The third-order valence-corrected chi connectivity index (χ3v) is 4.99. The fourth-order valence-electron chi connectivity index (χ4n) is 3.42. The predicted molar refractivity (Wildman–Crippen MR) is 113 cm³/mol. The SMILES string of the molecule is CCCCCCCCCCCCc1cc(C)ccc1Oc1ccccc1. The van der Waals surface area contributed by atoms with Gasteiger partial charge in [-0.05, 0) is 43.5 Å². The van der Waals surface area contributed by atoms with Crippen LogP contribution in [0.4, 0.5) is 0 Å². The molecule has 0 amide bonds. The van der Waals surface area contributed by atoms with E-state index in [0.29, 0.717) is 0 Å². The van der Waals surface area contributed by atoms with E-state index in [1.807, 2.05) is 30.3 Å². The average molecular weight is 353 g/mol. The molecular formula is C25H36O. The Kier molecular flexibility index (Phi) is 9.94. The van der Waals surface area contributed by atoms with E-state index in [4.69, 9.17) is 4.74 Å². The molecule has 0 spiro atoms. The van der Waals surface area contributed by atoms with Gasteiger partial charge < -0.3 is 4.74 Å². The molecule has 0 atom stereocenters. The Morgan fingerprint density at radius 3 is 1.96 bits per heavy atom. The van der Waals surface area contributed by atoms with E-state index in [-0.39, 0.29) is 0 Å². The Hall–Kier alpha value is -1.76. The molecular weight excluding hydrogens is 316 g/mol. The minimum atomic E-state index is 0.917. The molecule has 0 saturated heterocycles. The number of hydrogen-bond acceptors (Lipinski definition) is 1. The molecule has 2 aromatic rings. The standard InChI is InChI=1S/C25H36O/c1-3-4-5-6-7-8-9-10-11-13-16-23-21-22(2)19-20-25(23)26-24-17-14-12-15-18-24/h12,14-15,17-21H,3-11,13,16H2,1-2H3. The summed E-state index contributed by atoms with van der Waals surface area (Å²) in [6, 6.07) is 16.6. The monoisotopic (exact) mass is 352 g/mol. The molecule has 0 fully saturated rings. The first kappa shape index (κ1) is 20.6. The van der Waals surface area contributed by atoms with Crippen molar-refractivity contribution in [1.29, 1.82) is 0 Å². The van der Waals surface area contributed by atoms with Crippen LogP contribution < -0.4 is 4.74 Å². The third kappa shape index (κ3) is 8.08. The maximum Gasteiger partial charge on any atom is 0.130 e. The first-order valence-corrected chi connectivity index (χ1v) is 10.6. The summed E-state index contributed by atoms with van der Waals surface area (Å²) in [7, 11) is 0. The van der Waals surface area contributed by atoms with E-state index >= 15 is 0 Å². The van der Waals surface area contributed by atoms with E-state index < -0.39 is 0 Å². The van der Waals surface area contributed by atoms with Gasteiger partial charge in [-0.3, -0.25) is 0 Å². The number of unbranched alkanes of at least 4 members (excludes halogenated alkanes) is 9. The number of aryl methyl sites for hydroxylation is 2. The molecule has 0 radical (unpaired) electrons. The van der Waals surface area contributed by atoms with Gasteiger partial charge in [-0.2, -0.15) is 0 Å². The maximum atomic E-state index is 6.11. The second-order valence-electron chi connectivity index (χ2n) is 7.46. The van der Waals surface area contributed by atoms with E-state index in [1.165, 1.54) is 75.3 Å². The fraction of sp³-hybridized carbons (Fsp3) is 0.520. The van der Waals surface area contributed by atoms with Crippen LogP contribution in [0.1, 0.15) is 82.3 Å². The number of para-hydroxylation sites is 1. The lowest BCUT2D eigenvalue weighted by molar-refractivity contribution is 0.473. The Balaban J connectivity index is 1.69. The molecule has 0 aliphatic rings. The third-order valence-electron chi connectivity index (χ3n) is 4.99. The van der Waals surface area contributed by atoms with Crippen LogP contribution in [-0.2, 0) is 6.42 Å². The zero-order valence-electron chi connectivity index (χ0n) is 16.8. The van der Waals surface area contributed by atoms with E-state index in [9.17, 15) is 0 Å². The summed E-state index contributed by atoms with van der Waals surface area (Å²) in [6.45, 7) is 4.44. The topological polar surface area (TPSA) is 9.23 Å². The molecule has 0 aliphatic heterocycles. The van der Waals surface area contributed by atoms with Gasteiger partial charge in [0, 0.05) is 0 Å². The van der Waals surface area contributed by atoms with Crippen LogP contribution in [0.2, 0.25) is 0 Å². The van der Waals surface area contributed by atoms with Gasteiger partial charge in [0.2, 0.25) is 0 Å². The van der Waals surface area contributed by atoms with Crippen molar-refractivity contribution in [2.45, 2.75) is 84.5 Å². The second-order valence-corrected chi connectivity index (χ2v) is 7.46. The van der Waals surface area contributed by atoms with E-state index in [1.54, 1.807) is 0 Å². The molecule has 0 aromatic heterocycles. The number of rotatable bonds is 13. The Bertz CT molecular complexity index is 603. The van der Waals surface area contributed by atoms with Crippen LogP contribution >= 0.6 is 0 Å². The summed E-state index contributed by atoms with van der Waals surface area (Å²) in [5, 5.41) is 0. The lowest BCUT2D eigenvalue weighted by atomic mass is 10.0. The highest BCUT2D eigenvalue weighted by molar-refractivity contribution is 5.40. The summed E-state index contributed by atoms with van der Waals surface area (Å²) < 4.78 is 6.11. The van der Waals surface area contributed by atoms with Gasteiger partial charge in [-0.25, -0.2) is 0 Å². The minimum absolute atomic E-state index is 0.917. The number of ether oxygens (including phenoxy) is 1. The second kappa shape index (κ2) is 12.6. The largest absolute Gasteiger partial charge is 0.457 e. The molecule has 2 aromatic carbocycles. The average Bonchev–Trinajstić information content (AvgIpc) is 2.66. The van der Waals surface area contributed by atoms with Gasteiger partial charge in [-0.1, -0.05) is 101 Å². The van der Waals surface area contributed by atoms with E-state index in [0.717, 1.165) is 17.9 Å². The smallest absolute Gasteiger partial charge is 0.130 e. The van der Waals surface area contributed by atoms with Crippen molar-refractivity contribution < 1.29 is 4.74 Å². The molecule has 142 valence electrons. The van der Waals surface area contributed by atoms with Crippen molar-refractivity contribution in [3.05, 3.63) is 59.7 Å². The molecule has 2 rings (SSSR count). The van der Waals surface area contributed by atoms with Crippen molar-refractivity contribution in [1.82, 2.24) is 0 Å². The zero-order valence-corrected chi connectivity index (χ0v) is 16.8. The summed E-state index contributed by atoms with van der Waals surface area (Å²) in [6.07, 6.45) is 14.9. The Labute approximate surface area is 160 Å². The lowest BCUT2D eigenvalue weighted by Gasteiger charge is -2.12. The highest BCUT2D eigenvalue weighted by Crippen LogP contribution is 2.27. The van der Waals surface area contributed by atoms with Gasteiger partial charge in [0.1, 0.15) is 11.5 Å². The van der Waals surface area contributed by atoms with Crippen molar-refractivity contribution in [3.8, 4) is 11.5 Å².